The van der Waals surface area contributed by atoms with E-state index in [1.165, 1.54) is 24.3 Å². The number of azide groups is 1. The van der Waals surface area contributed by atoms with Gasteiger partial charge in [-0.15, -0.1) is 5.11 Å². The van der Waals surface area contributed by atoms with Crippen molar-refractivity contribution in [3.8, 4) is 0 Å². The van der Waals surface area contributed by atoms with Crippen LogP contribution in [-0.4, -0.2) is 6.18 Å². The molecule has 0 saturated carbocycles. The lowest BCUT2D eigenvalue weighted by Crippen LogP contribution is -2.15. The number of rotatable bonds is 4. The lowest BCUT2D eigenvalue weighted by Gasteiger charge is -2.20. The van der Waals surface area contributed by atoms with Crippen LogP contribution in [0.15, 0.2) is 29.4 Å². The summed E-state index contributed by atoms with van der Waals surface area (Å²) in [6, 6.07) is 5.72. The molecule has 91 valence electrons. The second-order valence-electron chi connectivity index (χ2n) is 3.21. The molecule has 0 bridgehead atoms. The molecule has 1 aromatic carbocycles. The summed E-state index contributed by atoms with van der Waals surface area (Å²) in [5.74, 6) is 0. The minimum absolute atomic E-state index is 0.0366. The quantitative estimate of drug-likeness (QED) is 0.455. The molecule has 1 aromatic rings. The SMILES string of the molecule is [N-]=[N+]=NC([O-])c1ccccc1[CH]CC(F)(F)F. The molecule has 0 spiro atoms. The Labute approximate surface area is 95.3 Å². The Hall–Kier alpha value is -1.72. The molecule has 17 heavy (non-hydrogen) atoms. The second kappa shape index (κ2) is 5.56. The van der Waals surface area contributed by atoms with Crippen molar-refractivity contribution in [1.29, 1.82) is 0 Å². The third-order valence-electron chi connectivity index (χ3n) is 1.97. The smallest absolute Gasteiger partial charge is 0.389 e. The lowest BCUT2D eigenvalue weighted by molar-refractivity contribution is -0.424. The van der Waals surface area contributed by atoms with E-state index in [-0.39, 0.29) is 11.1 Å². The van der Waals surface area contributed by atoms with E-state index in [9.17, 15) is 18.3 Å². The molecule has 0 amide bonds. The summed E-state index contributed by atoms with van der Waals surface area (Å²) in [5, 5.41) is 14.3. The van der Waals surface area contributed by atoms with E-state index in [1.807, 2.05) is 0 Å². The van der Waals surface area contributed by atoms with E-state index in [0.29, 0.717) is 0 Å². The van der Waals surface area contributed by atoms with Gasteiger partial charge in [-0.2, -0.15) is 13.2 Å². The number of hydrogen-bond acceptors (Lipinski definition) is 2. The molecular weight excluding hydrogens is 235 g/mol. The summed E-state index contributed by atoms with van der Waals surface area (Å²) in [6.45, 7) is 0. The number of nitrogens with zero attached hydrogens (tertiary/aromatic N) is 3. The molecule has 0 heterocycles. The highest BCUT2D eigenvalue weighted by molar-refractivity contribution is 5.34. The van der Waals surface area contributed by atoms with Gasteiger partial charge >= 0.3 is 6.18 Å². The molecule has 4 nitrogen and oxygen atoms in total. The van der Waals surface area contributed by atoms with E-state index in [0.717, 1.165) is 6.42 Å². The van der Waals surface area contributed by atoms with Crippen molar-refractivity contribution in [3.63, 3.8) is 0 Å². The van der Waals surface area contributed by atoms with Gasteiger partial charge in [0.25, 0.3) is 0 Å². The first-order valence-corrected chi connectivity index (χ1v) is 4.63. The predicted octanol–water partition coefficient (Wildman–Crippen LogP) is 2.86. The van der Waals surface area contributed by atoms with Crippen molar-refractivity contribution in [2.75, 3.05) is 0 Å². The van der Waals surface area contributed by atoms with Gasteiger partial charge < -0.3 is 5.11 Å². The van der Waals surface area contributed by atoms with Crippen LogP contribution in [0.25, 0.3) is 10.4 Å². The Morgan fingerprint density at radius 2 is 2.06 bits per heavy atom. The highest BCUT2D eigenvalue weighted by Gasteiger charge is 2.27. The first kappa shape index (κ1) is 13.3. The fourth-order valence-corrected chi connectivity index (χ4v) is 1.26. The maximum Gasteiger partial charge on any atom is 0.389 e. The fraction of sp³-hybridized carbons (Fsp3) is 0.300. The summed E-state index contributed by atoms with van der Waals surface area (Å²) < 4.78 is 36.1. The van der Waals surface area contributed by atoms with E-state index in [4.69, 9.17) is 5.53 Å². The Morgan fingerprint density at radius 1 is 1.41 bits per heavy atom. The van der Waals surface area contributed by atoms with Gasteiger partial charge in [0.2, 0.25) is 0 Å². The summed E-state index contributed by atoms with van der Waals surface area (Å²) >= 11 is 0. The highest BCUT2D eigenvalue weighted by Crippen LogP contribution is 2.26. The molecule has 1 atom stereocenters. The average Bonchev–Trinajstić information content (AvgIpc) is 2.26. The van der Waals surface area contributed by atoms with Crippen molar-refractivity contribution in [1.82, 2.24) is 0 Å². The normalized spacial score (nSPS) is 12.9. The predicted molar refractivity (Wildman–Crippen MR) is 52.4 cm³/mol. The van der Waals surface area contributed by atoms with Crippen LogP contribution in [-0.2, 0) is 0 Å². The first-order chi connectivity index (χ1) is 7.94. The lowest BCUT2D eigenvalue weighted by atomic mass is 10.0. The molecule has 1 radical (unpaired) electrons. The molecule has 0 N–H and O–H groups in total. The van der Waals surface area contributed by atoms with Crippen LogP contribution in [0.5, 0.6) is 0 Å². The number of hydrogen-bond donors (Lipinski definition) is 0. The van der Waals surface area contributed by atoms with Gasteiger partial charge in [0, 0.05) is 4.91 Å². The standard InChI is InChI=1S/C10H8F3N3O/c11-10(12,13)6-5-7-3-1-2-4-8(7)9(17)15-16-14/h1-5,9H,6H2/q-1. The summed E-state index contributed by atoms with van der Waals surface area (Å²) in [4.78, 5) is 2.34. The molecule has 0 aromatic heterocycles. The topological polar surface area (TPSA) is 71.8 Å². The average molecular weight is 243 g/mol. The molecule has 0 fully saturated rings. The van der Waals surface area contributed by atoms with Crippen LogP contribution in [0.3, 0.4) is 0 Å². The van der Waals surface area contributed by atoms with E-state index >= 15 is 0 Å². The molecule has 0 aliphatic carbocycles. The van der Waals surface area contributed by atoms with Crippen LogP contribution >= 0.6 is 0 Å². The fourth-order valence-electron chi connectivity index (χ4n) is 1.26. The molecule has 0 saturated heterocycles. The third kappa shape index (κ3) is 4.34. The third-order valence-corrected chi connectivity index (χ3v) is 1.97. The number of halogens is 3. The van der Waals surface area contributed by atoms with Crippen LogP contribution in [0.2, 0.25) is 0 Å². The van der Waals surface area contributed by atoms with Gasteiger partial charge in [-0.3, -0.25) is 0 Å². The summed E-state index contributed by atoms with van der Waals surface area (Å²) in [5.41, 5.74) is 8.29. The molecule has 0 aliphatic heterocycles. The first-order valence-electron chi connectivity index (χ1n) is 4.63. The summed E-state index contributed by atoms with van der Waals surface area (Å²) in [6.07, 6.45) is -6.30. The van der Waals surface area contributed by atoms with Crippen molar-refractivity contribution in [2.24, 2.45) is 5.11 Å². The van der Waals surface area contributed by atoms with Crippen LogP contribution in [0.4, 0.5) is 13.2 Å². The zero-order valence-corrected chi connectivity index (χ0v) is 8.55. The zero-order chi connectivity index (χ0) is 12.9. The Kier molecular flexibility index (Phi) is 4.37. The van der Waals surface area contributed by atoms with E-state index in [1.54, 1.807) is 0 Å². The van der Waals surface area contributed by atoms with Gasteiger partial charge in [0.1, 0.15) is 0 Å². The molecule has 0 aliphatic rings. The minimum atomic E-state index is -4.33. The molecule has 7 heteroatoms. The Bertz CT molecular complexity index is 427. The van der Waals surface area contributed by atoms with Crippen LogP contribution < -0.4 is 5.11 Å². The van der Waals surface area contributed by atoms with Crippen LogP contribution in [0, 0.1) is 6.42 Å². The Balaban J connectivity index is 2.88. The monoisotopic (exact) mass is 243 g/mol. The van der Waals surface area contributed by atoms with Crippen molar-refractivity contribution >= 4 is 0 Å². The van der Waals surface area contributed by atoms with Gasteiger partial charge in [0.05, 0.1) is 6.42 Å². The van der Waals surface area contributed by atoms with Crippen molar-refractivity contribution in [3.05, 3.63) is 52.3 Å². The Morgan fingerprint density at radius 3 is 2.65 bits per heavy atom. The van der Waals surface area contributed by atoms with Gasteiger partial charge in [-0.1, -0.05) is 29.8 Å². The molecule has 1 unspecified atom stereocenters. The van der Waals surface area contributed by atoms with Gasteiger partial charge in [-0.25, -0.2) is 0 Å². The second-order valence-corrected chi connectivity index (χ2v) is 3.21. The van der Waals surface area contributed by atoms with Crippen LogP contribution in [0.1, 0.15) is 23.8 Å². The molecule has 1 rings (SSSR count). The molecular formula is C10H8F3N3O-. The summed E-state index contributed by atoms with van der Waals surface area (Å²) in [7, 11) is 0. The van der Waals surface area contributed by atoms with E-state index in [2.05, 4.69) is 10.0 Å². The highest BCUT2D eigenvalue weighted by atomic mass is 19.4. The van der Waals surface area contributed by atoms with Crippen molar-refractivity contribution in [2.45, 2.75) is 18.8 Å². The maximum absolute atomic E-state index is 12.0. The maximum atomic E-state index is 12.0. The van der Waals surface area contributed by atoms with Gasteiger partial charge in [-0.05, 0) is 23.7 Å². The van der Waals surface area contributed by atoms with E-state index < -0.39 is 18.8 Å². The van der Waals surface area contributed by atoms with Gasteiger partial charge in [0.15, 0.2) is 0 Å². The zero-order valence-electron chi connectivity index (χ0n) is 8.55. The van der Waals surface area contributed by atoms with Crippen molar-refractivity contribution < 1.29 is 18.3 Å². The largest absolute Gasteiger partial charge is 0.845 e. The number of benzene rings is 1. The number of alkyl halides is 3. The minimum Gasteiger partial charge on any atom is -0.845 e.